The van der Waals surface area contributed by atoms with Crippen molar-refractivity contribution in [3.8, 4) is 0 Å². The molecule has 0 spiro atoms. The zero-order valence-corrected chi connectivity index (χ0v) is 9.73. The molecular weight excluding hydrogens is 196 g/mol. The van der Waals surface area contributed by atoms with Crippen molar-refractivity contribution in [2.75, 3.05) is 19.5 Å². The highest BCUT2D eigenvalue weighted by molar-refractivity contribution is 7.99. The number of hydrogen-bond donors (Lipinski definition) is 0. The maximum Gasteiger partial charge on any atom is 0.126 e. The topological polar surface area (TPSA) is 35.0 Å². The van der Waals surface area contributed by atoms with E-state index in [1.165, 1.54) is 0 Å². The van der Waals surface area contributed by atoms with E-state index in [1.807, 2.05) is 13.0 Å². The molecule has 0 saturated heterocycles. The number of hydrogen-bond acceptors (Lipinski definition) is 4. The fourth-order valence-corrected chi connectivity index (χ4v) is 1.96. The SMILES string of the molecule is CCc1cc(SCCOC)nc(C)n1. The van der Waals surface area contributed by atoms with Crippen LogP contribution in [0.25, 0.3) is 0 Å². The summed E-state index contributed by atoms with van der Waals surface area (Å²) >= 11 is 1.71. The average molecular weight is 212 g/mol. The Kier molecular flexibility index (Phi) is 4.90. The van der Waals surface area contributed by atoms with E-state index in [0.29, 0.717) is 0 Å². The van der Waals surface area contributed by atoms with Gasteiger partial charge in [-0.2, -0.15) is 0 Å². The molecule has 0 atom stereocenters. The minimum absolute atomic E-state index is 0.759. The highest BCUT2D eigenvalue weighted by atomic mass is 32.2. The predicted octanol–water partition coefficient (Wildman–Crippen LogP) is 2.09. The summed E-state index contributed by atoms with van der Waals surface area (Å²) in [4.78, 5) is 8.67. The zero-order chi connectivity index (χ0) is 10.4. The Bertz CT molecular complexity index is 291. The van der Waals surface area contributed by atoms with Gasteiger partial charge in [0.15, 0.2) is 0 Å². The van der Waals surface area contributed by atoms with Crippen molar-refractivity contribution in [3.05, 3.63) is 17.6 Å². The van der Waals surface area contributed by atoms with E-state index in [-0.39, 0.29) is 0 Å². The van der Waals surface area contributed by atoms with E-state index >= 15 is 0 Å². The minimum Gasteiger partial charge on any atom is -0.384 e. The Labute approximate surface area is 89.3 Å². The van der Waals surface area contributed by atoms with Crippen LogP contribution in [-0.4, -0.2) is 29.4 Å². The van der Waals surface area contributed by atoms with Crippen molar-refractivity contribution in [3.63, 3.8) is 0 Å². The molecule has 78 valence electrons. The van der Waals surface area contributed by atoms with Gasteiger partial charge in [0, 0.05) is 18.6 Å². The van der Waals surface area contributed by atoms with Crippen LogP contribution in [0, 0.1) is 6.92 Å². The smallest absolute Gasteiger partial charge is 0.126 e. The molecule has 4 heteroatoms. The van der Waals surface area contributed by atoms with Gasteiger partial charge < -0.3 is 4.74 Å². The molecule has 0 aliphatic rings. The second kappa shape index (κ2) is 5.98. The molecule has 0 bridgehead atoms. The van der Waals surface area contributed by atoms with Crippen LogP contribution in [0.5, 0.6) is 0 Å². The van der Waals surface area contributed by atoms with Gasteiger partial charge in [0.25, 0.3) is 0 Å². The molecule has 0 amide bonds. The molecule has 1 rings (SSSR count). The monoisotopic (exact) mass is 212 g/mol. The van der Waals surface area contributed by atoms with Crippen LogP contribution in [0.1, 0.15) is 18.4 Å². The Balaban J connectivity index is 2.62. The molecule has 14 heavy (non-hydrogen) atoms. The molecule has 0 aliphatic carbocycles. The van der Waals surface area contributed by atoms with E-state index in [2.05, 4.69) is 16.9 Å². The van der Waals surface area contributed by atoms with Gasteiger partial charge in [-0.05, 0) is 19.4 Å². The van der Waals surface area contributed by atoms with Crippen LogP contribution in [0.15, 0.2) is 11.1 Å². The molecule has 0 radical (unpaired) electrons. The second-order valence-electron chi connectivity index (χ2n) is 2.94. The van der Waals surface area contributed by atoms with E-state index in [9.17, 15) is 0 Å². The number of rotatable bonds is 5. The third-order valence-corrected chi connectivity index (χ3v) is 2.64. The zero-order valence-electron chi connectivity index (χ0n) is 8.91. The molecule has 0 unspecified atom stereocenters. The molecule has 0 fully saturated rings. The van der Waals surface area contributed by atoms with Crippen LogP contribution in [-0.2, 0) is 11.2 Å². The van der Waals surface area contributed by atoms with Crippen molar-refractivity contribution in [2.24, 2.45) is 0 Å². The van der Waals surface area contributed by atoms with E-state index in [0.717, 1.165) is 35.3 Å². The summed E-state index contributed by atoms with van der Waals surface area (Å²) in [6.45, 7) is 4.79. The van der Waals surface area contributed by atoms with Crippen LogP contribution >= 0.6 is 11.8 Å². The minimum atomic E-state index is 0.759. The summed E-state index contributed by atoms with van der Waals surface area (Å²) in [6, 6.07) is 2.05. The summed E-state index contributed by atoms with van der Waals surface area (Å²) in [5.41, 5.74) is 1.11. The number of nitrogens with zero attached hydrogens (tertiary/aromatic N) is 2. The summed E-state index contributed by atoms with van der Waals surface area (Å²) < 4.78 is 4.99. The standard InChI is InChI=1S/C10H16N2OS/c1-4-9-7-10(12-8(2)11-9)14-6-5-13-3/h7H,4-6H2,1-3H3. The lowest BCUT2D eigenvalue weighted by molar-refractivity contribution is 0.218. The Morgan fingerprint density at radius 3 is 2.86 bits per heavy atom. The first-order valence-electron chi connectivity index (χ1n) is 4.72. The first-order chi connectivity index (χ1) is 6.76. The maximum absolute atomic E-state index is 4.99. The Morgan fingerprint density at radius 1 is 1.43 bits per heavy atom. The molecule has 0 N–H and O–H groups in total. The van der Waals surface area contributed by atoms with Crippen molar-refractivity contribution in [1.82, 2.24) is 9.97 Å². The van der Waals surface area contributed by atoms with Crippen molar-refractivity contribution in [1.29, 1.82) is 0 Å². The highest BCUT2D eigenvalue weighted by Crippen LogP contribution is 2.16. The van der Waals surface area contributed by atoms with Gasteiger partial charge in [-0.3, -0.25) is 0 Å². The summed E-state index contributed by atoms with van der Waals surface area (Å²) in [6.07, 6.45) is 0.960. The third-order valence-electron chi connectivity index (χ3n) is 1.77. The number of aryl methyl sites for hydroxylation is 2. The van der Waals surface area contributed by atoms with Gasteiger partial charge in [0.2, 0.25) is 0 Å². The number of thioether (sulfide) groups is 1. The van der Waals surface area contributed by atoms with Crippen LogP contribution in [0.2, 0.25) is 0 Å². The van der Waals surface area contributed by atoms with E-state index < -0.39 is 0 Å². The van der Waals surface area contributed by atoms with Crippen LogP contribution < -0.4 is 0 Å². The van der Waals surface area contributed by atoms with Crippen molar-refractivity contribution >= 4 is 11.8 Å². The molecule has 1 aromatic heterocycles. The van der Waals surface area contributed by atoms with E-state index in [1.54, 1.807) is 18.9 Å². The van der Waals surface area contributed by atoms with Crippen LogP contribution in [0.4, 0.5) is 0 Å². The summed E-state index contributed by atoms with van der Waals surface area (Å²) in [5.74, 6) is 1.79. The maximum atomic E-state index is 4.99. The molecule has 1 aromatic rings. The lowest BCUT2D eigenvalue weighted by Crippen LogP contribution is -1.97. The largest absolute Gasteiger partial charge is 0.384 e. The van der Waals surface area contributed by atoms with Crippen LogP contribution in [0.3, 0.4) is 0 Å². The fourth-order valence-electron chi connectivity index (χ4n) is 1.08. The molecule has 3 nitrogen and oxygen atoms in total. The summed E-state index contributed by atoms with van der Waals surface area (Å²) in [7, 11) is 1.71. The van der Waals surface area contributed by atoms with Crippen molar-refractivity contribution in [2.45, 2.75) is 25.3 Å². The lowest BCUT2D eigenvalue weighted by Gasteiger charge is -2.03. The van der Waals surface area contributed by atoms with Gasteiger partial charge in [-0.15, -0.1) is 11.8 Å². The molecule has 0 saturated carbocycles. The van der Waals surface area contributed by atoms with Gasteiger partial charge in [-0.25, -0.2) is 9.97 Å². The van der Waals surface area contributed by atoms with Gasteiger partial charge in [0.1, 0.15) is 10.9 Å². The van der Waals surface area contributed by atoms with Crippen molar-refractivity contribution < 1.29 is 4.74 Å². The first-order valence-corrected chi connectivity index (χ1v) is 5.71. The Hall–Kier alpha value is -0.610. The quantitative estimate of drug-likeness (QED) is 0.425. The number of methoxy groups -OCH3 is 1. The molecule has 0 aromatic carbocycles. The second-order valence-corrected chi connectivity index (χ2v) is 4.05. The lowest BCUT2D eigenvalue weighted by atomic mass is 10.3. The third kappa shape index (κ3) is 3.64. The van der Waals surface area contributed by atoms with E-state index in [4.69, 9.17) is 4.74 Å². The molecule has 1 heterocycles. The van der Waals surface area contributed by atoms with Gasteiger partial charge in [0.05, 0.1) is 6.61 Å². The Morgan fingerprint density at radius 2 is 2.21 bits per heavy atom. The summed E-state index contributed by atoms with van der Waals surface area (Å²) in [5, 5.41) is 1.05. The predicted molar refractivity (Wildman–Crippen MR) is 58.7 cm³/mol. The molecular formula is C10H16N2OS. The van der Waals surface area contributed by atoms with Gasteiger partial charge in [-0.1, -0.05) is 6.92 Å². The number of ether oxygens (including phenoxy) is 1. The normalized spacial score (nSPS) is 10.5. The first kappa shape index (κ1) is 11.5. The van der Waals surface area contributed by atoms with Gasteiger partial charge >= 0.3 is 0 Å². The fraction of sp³-hybridized carbons (Fsp3) is 0.600. The average Bonchev–Trinajstić information content (AvgIpc) is 2.17. The molecule has 0 aliphatic heterocycles. The highest BCUT2D eigenvalue weighted by Gasteiger charge is 2.00. The number of aromatic nitrogens is 2.